The summed E-state index contributed by atoms with van der Waals surface area (Å²) in [6.07, 6.45) is 0.137. The van der Waals surface area contributed by atoms with Crippen molar-refractivity contribution in [1.82, 2.24) is 0 Å². The Bertz CT molecular complexity index is 806. The minimum atomic E-state index is -0.827. The fourth-order valence-corrected chi connectivity index (χ4v) is 2.35. The summed E-state index contributed by atoms with van der Waals surface area (Å²) in [6.45, 7) is -0.346. The van der Waals surface area contributed by atoms with Crippen LogP contribution in [0.25, 0.3) is 0 Å². The Balaban J connectivity index is 2.05. The van der Waals surface area contributed by atoms with Crippen molar-refractivity contribution in [2.45, 2.75) is 6.42 Å². The first kappa shape index (κ1) is 18.4. The van der Waals surface area contributed by atoms with Gasteiger partial charge in [0.2, 0.25) is 0 Å². The van der Waals surface area contributed by atoms with Crippen molar-refractivity contribution in [1.29, 1.82) is 5.26 Å². The minimum Gasteiger partial charge on any atom is -0.452 e. The lowest BCUT2D eigenvalue weighted by Crippen LogP contribution is -2.35. The van der Waals surface area contributed by atoms with E-state index < -0.39 is 24.3 Å². The average molecular weight is 361 g/mol. The molecule has 128 valence electrons. The van der Waals surface area contributed by atoms with Crippen LogP contribution in [-0.2, 0) is 9.53 Å². The van der Waals surface area contributed by atoms with Crippen LogP contribution in [0.15, 0.2) is 48.5 Å². The van der Waals surface area contributed by atoms with Crippen LogP contribution in [0.5, 0.6) is 0 Å². The highest BCUT2D eigenvalue weighted by molar-refractivity contribution is 6.33. The molecule has 0 bridgehead atoms. The molecule has 7 heteroatoms. The van der Waals surface area contributed by atoms with Crippen molar-refractivity contribution < 1.29 is 18.7 Å². The second-order valence-electron chi connectivity index (χ2n) is 4.99. The van der Waals surface area contributed by atoms with Crippen LogP contribution in [0.2, 0.25) is 5.02 Å². The van der Waals surface area contributed by atoms with E-state index in [4.69, 9.17) is 21.6 Å². The van der Waals surface area contributed by atoms with Crippen LogP contribution in [0.1, 0.15) is 16.8 Å². The quantitative estimate of drug-likeness (QED) is 0.738. The maximum Gasteiger partial charge on any atom is 0.340 e. The van der Waals surface area contributed by atoms with Crippen molar-refractivity contribution >= 4 is 29.2 Å². The number of para-hydroxylation sites is 1. The van der Waals surface area contributed by atoms with Gasteiger partial charge >= 0.3 is 5.97 Å². The zero-order chi connectivity index (χ0) is 18.2. The van der Waals surface area contributed by atoms with Crippen LogP contribution in [0.3, 0.4) is 0 Å². The molecular formula is C18H14ClFN2O3. The van der Waals surface area contributed by atoms with E-state index in [0.29, 0.717) is 5.69 Å². The number of anilines is 1. The van der Waals surface area contributed by atoms with Gasteiger partial charge in [-0.3, -0.25) is 4.79 Å². The standard InChI is InChI=1S/C18H14ClFN2O3/c19-16-11-13(20)7-8-15(16)18(24)25-12-17(23)22(10-4-9-21)14-5-2-1-3-6-14/h1-3,5-8,11H,4,10,12H2. The maximum absolute atomic E-state index is 13.0. The first-order valence-corrected chi connectivity index (χ1v) is 7.75. The normalized spacial score (nSPS) is 9.96. The Labute approximate surface area is 149 Å². The zero-order valence-electron chi connectivity index (χ0n) is 13.1. The summed E-state index contributed by atoms with van der Waals surface area (Å²) in [5.74, 6) is -1.89. The third-order valence-corrected chi connectivity index (χ3v) is 3.61. The number of halogens is 2. The van der Waals surface area contributed by atoms with Crippen molar-refractivity contribution in [3.63, 3.8) is 0 Å². The van der Waals surface area contributed by atoms with Gasteiger partial charge in [0.15, 0.2) is 6.61 Å². The van der Waals surface area contributed by atoms with Gasteiger partial charge in [-0.05, 0) is 30.3 Å². The number of ether oxygens (including phenoxy) is 1. The van der Waals surface area contributed by atoms with Crippen LogP contribution in [0.4, 0.5) is 10.1 Å². The smallest absolute Gasteiger partial charge is 0.340 e. The lowest BCUT2D eigenvalue weighted by Gasteiger charge is -2.21. The minimum absolute atomic E-state index is 0.0286. The molecule has 0 saturated carbocycles. The van der Waals surface area contributed by atoms with Crippen LogP contribution < -0.4 is 4.90 Å². The average Bonchev–Trinajstić information content (AvgIpc) is 2.61. The van der Waals surface area contributed by atoms with Gasteiger partial charge in [0.25, 0.3) is 5.91 Å². The number of hydrogen-bond donors (Lipinski definition) is 0. The van der Waals surface area contributed by atoms with E-state index in [2.05, 4.69) is 0 Å². The second kappa shape index (κ2) is 8.81. The third-order valence-electron chi connectivity index (χ3n) is 3.29. The summed E-state index contributed by atoms with van der Waals surface area (Å²) in [7, 11) is 0. The molecule has 0 saturated heterocycles. The Morgan fingerprint density at radius 3 is 2.56 bits per heavy atom. The number of hydrogen-bond acceptors (Lipinski definition) is 4. The summed E-state index contributed by atoms with van der Waals surface area (Å²) in [6, 6.07) is 14.0. The van der Waals surface area contributed by atoms with Gasteiger partial charge in [-0.2, -0.15) is 5.26 Å². The van der Waals surface area contributed by atoms with Gasteiger partial charge in [-0.15, -0.1) is 0 Å². The predicted octanol–water partition coefficient (Wildman–Crippen LogP) is 3.58. The highest BCUT2D eigenvalue weighted by atomic mass is 35.5. The maximum atomic E-state index is 13.0. The Hall–Kier alpha value is -2.91. The number of nitriles is 1. The molecule has 0 aliphatic rings. The summed E-state index contributed by atoms with van der Waals surface area (Å²) < 4.78 is 18.0. The van der Waals surface area contributed by atoms with Crippen molar-refractivity contribution in [3.05, 3.63) is 64.9 Å². The Morgan fingerprint density at radius 2 is 1.92 bits per heavy atom. The van der Waals surface area contributed by atoms with E-state index in [9.17, 15) is 14.0 Å². The molecule has 0 fully saturated rings. The number of rotatable bonds is 6. The lowest BCUT2D eigenvalue weighted by molar-refractivity contribution is -0.121. The molecule has 0 aliphatic heterocycles. The topological polar surface area (TPSA) is 70.4 Å². The van der Waals surface area contributed by atoms with E-state index in [1.165, 1.54) is 11.0 Å². The predicted molar refractivity (Wildman–Crippen MR) is 90.7 cm³/mol. The number of carbonyl (C=O) groups excluding carboxylic acids is 2. The molecule has 0 aromatic heterocycles. The lowest BCUT2D eigenvalue weighted by atomic mass is 10.2. The fraction of sp³-hybridized carbons (Fsp3) is 0.167. The molecule has 25 heavy (non-hydrogen) atoms. The third kappa shape index (κ3) is 5.03. The van der Waals surface area contributed by atoms with Crippen molar-refractivity contribution in [2.24, 2.45) is 0 Å². The molecule has 0 spiro atoms. The molecule has 1 amide bonds. The summed E-state index contributed by atoms with van der Waals surface area (Å²) in [5.41, 5.74) is 0.567. The van der Waals surface area contributed by atoms with E-state index in [1.54, 1.807) is 30.3 Å². The molecule has 0 unspecified atom stereocenters. The number of benzene rings is 2. The SMILES string of the molecule is N#CCCN(C(=O)COC(=O)c1ccc(F)cc1Cl)c1ccccc1. The summed E-state index contributed by atoms with van der Waals surface area (Å²) >= 11 is 5.79. The largest absolute Gasteiger partial charge is 0.452 e. The number of carbonyl (C=O) groups is 2. The highest BCUT2D eigenvalue weighted by Gasteiger charge is 2.19. The van der Waals surface area contributed by atoms with Crippen LogP contribution in [0, 0.1) is 17.1 Å². The molecule has 2 rings (SSSR count). The van der Waals surface area contributed by atoms with Crippen LogP contribution >= 0.6 is 11.6 Å². The van der Waals surface area contributed by atoms with Gasteiger partial charge < -0.3 is 9.64 Å². The van der Waals surface area contributed by atoms with Gasteiger partial charge in [-0.25, -0.2) is 9.18 Å². The van der Waals surface area contributed by atoms with E-state index in [-0.39, 0.29) is 23.6 Å². The van der Waals surface area contributed by atoms with Crippen molar-refractivity contribution in [3.8, 4) is 6.07 Å². The molecule has 0 radical (unpaired) electrons. The first-order valence-electron chi connectivity index (χ1n) is 7.37. The fourth-order valence-electron chi connectivity index (χ4n) is 2.11. The monoisotopic (exact) mass is 360 g/mol. The molecule has 2 aromatic carbocycles. The molecule has 0 heterocycles. The van der Waals surface area contributed by atoms with Crippen molar-refractivity contribution in [2.75, 3.05) is 18.1 Å². The Kier molecular flexibility index (Phi) is 6.49. The second-order valence-corrected chi connectivity index (χ2v) is 5.40. The van der Waals surface area contributed by atoms with Gasteiger partial charge in [0, 0.05) is 12.2 Å². The van der Waals surface area contributed by atoms with E-state index >= 15 is 0 Å². The molecule has 5 nitrogen and oxygen atoms in total. The first-order chi connectivity index (χ1) is 12.0. The van der Waals surface area contributed by atoms with E-state index in [0.717, 1.165) is 12.1 Å². The molecule has 2 aromatic rings. The molecular weight excluding hydrogens is 347 g/mol. The number of amides is 1. The summed E-state index contributed by atoms with van der Waals surface area (Å²) in [5, 5.41) is 8.65. The van der Waals surface area contributed by atoms with Gasteiger partial charge in [-0.1, -0.05) is 29.8 Å². The van der Waals surface area contributed by atoms with E-state index in [1.807, 2.05) is 6.07 Å². The number of nitrogens with zero attached hydrogens (tertiary/aromatic N) is 2. The van der Waals surface area contributed by atoms with Gasteiger partial charge in [0.1, 0.15) is 5.82 Å². The molecule has 0 aliphatic carbocycles. The Morgan fingerprint density at radius 1 is 1.20 bits per heavy atom. The zero-order valence-corrected chi connectivity index (χ0v) is 13.9. The van der Waals surface area contributed by atoms with Crippen LogP contribution in [-0.4, -0.2) is 25.0 Å². The highest BCUT2D eigenvalue weighted by Crippen LogP contribution is 2.19. The molecule has 0 atom stereocenters. The molecule has 0 N–H and O–H groups in total. The summed E-state index contributed by atoms with van der Waals surface area (Å²) in [4.78, 5) is 25.7. The number of esters is 1. The van der Waals surface area contributed by atoms with Gasteiger partial charge in [0.05, 0.1) is 23.1 Å².